The fourth-order valence-corrected chi connectivity index (χ4v) is 3.03. The minimum atomic E-state index is -1.10. The molecule has 1 aliphatic heterocycles. The van der Waals surface area contributed by atoms with Gasteiger partial charge in [-0.05, 0) is 24.6 Å². The van der Waals surface area contributed by atoms with Gasteiger partial charge in [-0.25, -0.2) is 9.59 Å². The van der Waals surface area contributed by atoms with Crippen LogP contribution in [-0.2, 0) is 25.7 Å². The van der Waals surface area contributed by atoms with E-state index in [1.807, 2.05) is 0 Å². The lowest BCUT2D eigenvalue weighted by Gasteiger charge is -2.47. The lowest BCUT2D eigenvalue weighted by molar-refractivity contribution is -0.384. The number of hydrogen-bond donors (Lipinski definition) is 2. The van der Waals surface area contributed by atoms with Gasteiger partial charge in [-0.3, -0.25) is 14.9 Å². The molecular formula is C19H22N2O8. The highest BCUT2D eigenvalue weighted by atomic mass is 16.7. The Morgan fingerprint density at radius 2 is 1.97 bits per heavy atom. The minimum Gasteiger partial charge on any atom is -0.478 e. The number of rotatable bonds is 8. The Kier molecular flexibility index (Phi) is 6.57. The Hall–Kier alpha value is -3.43. The van der Waals surface area contributed by atoms with Crippen LogP contribution in [0.15, 0.2) is 36.4 Å². The molecule has 1 aromatic carbocycles. The van der Waals surface area contributed by atoms with Gasteiger partial charge < -0.3 is 19.9 Å². The molecule has 2 N–H and O–H groups in total. The lowest BCUT2D eigenvalue weighted by Crippen LogP contribution is -2.67. The molecule has 0 radical (unpaired) electrons. The third kappa shape index (κ3) is 5.53. The summed E-state index contributed by atoms with van der Waals surface area (Å²) in [5.74, 6) is -2.06. The number of ether oxygens (including phenoxy) is 2. The van der Waals surface area contributed by atoms with E-state index in [-0.39, 0.29) is 18.2 Å². The van der Waals surface area contributed by atoms with E-state index >= 15 is 0 Å². The van der Waals surface area contributed by atoms with Gasteiger partial charge >= 0.3 is 12.1 Å². The second-order valence-corrected chi connectivity index (χ2v) is 7.29. The summed E-state index contributed by atoms with van der Waals surface area (Å²) in [6.07, 6.45) is 0.709. The molecule has 1 amide bonds. The van der Waals surface area contributed by atoms with E-state index in [2.05, 4.69) is 5.32 Å². The summed E-state index contributed by atoms with van der Waals surface area (Å²) in [6, 6.07) is 5.09. The van der Waals surface area contributed by atoms with Crippen LogP contribution in [0.1, 0.15) is 26.3 Å². The van der Waals surface area contributed by atoms with E-state index in [0.717, 1.165) is 6.08 Å². The number of non-ortho nitro benzene ring substituents is 1. The van der Waals surface area contributed by atoms with E-state index in [1.165, 1.54) is 30.3 Å². The summed E-state index contributed by atoms with van der Waals surface area (Å²) in [6.45, 7) is 4.95. The number of nitrogens with zero attached hydrogens (tertiary/aromatic N) is 1. The SMILES string of the molecule is CC(OC(=O)OCc1ccc([N+](=O)[O-])cc1)C1C(=O)NC1C(C)(C)/C=C/C(=O)O. The number of amides is 1. The topological polar surface area (TPSA) is 145 Å². The number of nitro benzene ring substituents is 1. The number of carbonyl (C=O) groups is 3. The van der Waals surface area contributed by atoms with Gasteiger partial charge in [0, 0.05) is 23.6 Å². The number of carboxylic acids is 1. The second kappa shape index (κ2) is 8.72. The Morgan fingerprint density at radius 3 is 2.48 bits per heavy atom. The van der Waals surface area contributed by atoms with Gasteiger partial charge in [-0.2, -0.15) is 0 Å². The van der Waals surface area contributed by atoms with Crippen molar-refractivity contribution in [1.82, 2.24) is 5.32 Å². The van der Waals surface area contributed by atoms with Crippen LogP contribution in [0.2, 0.25) is 0 Å². The van der Waals surface area contributed by atoms with E-state index < -0.39 is 40.5 Å². The van der Waals surface area contributed by atoms with Crippen molar-refractivity contribution in [3.63, 3.8) is 0 Å². The average molecular weight is 406 g/mol. The van der Waals surface area contributed by atoms with Gasteiger partial charge in [0.05, 0.1) is 16.9 Å². The summed E-state index contributed by atoms with van der Waals surface area (Å²) in [5.41, 5.74) is -0.206. The monoisotopic (exact) mass is 406 g/mol. The first-order valence-electron chi connectivity index (χ1n) is 8.80. The Morgan fingerprint density at radius 1 is 1.34 bits per heavy atom. The first kappa shape index (κ1) is 21.9. The van der Waals surface area contributed by atoms with E-state index in [1.54, 1.807) is 20.8 Å². The molecule has 0 aliphatic carbocycles. The van der Waals surface area contributed by atoms with Crippen LogP contribution >= 0.6 is 0 Å². The summed E-state index contributed by atoms with van der Waals surface area (Å²) in [4.78, 5) is 44.8. The number of β-lactam (4-membered cyclic amide) rings is 1. The number of hydrogen-bond acceptors (Lipinski definition) is 7. The standard InChI is InChI=1S/C19H22N2O8/c1-11(15-16(20-17(15)24)19(2,3)9-8-14(22)23)29-18(25)28-10-12-4-6-13(7-5-12)21(26)27/h4-9,11,15-16H,10H2,1-3H3,(H,20,24)(H,22,23)/b9-8+. The molecule has 1 fully saturated rings. The average Bonchev–Trinajstić information content (AvgIpc) is 2.62. The molecule has 3 unspecified atom stereocenters. The fourth-order valence-electron chi connectivity index (χ4n) is 3.03. The third-order valence-electron chi connectivity index (χ3n) is 4.71. The predicted octanol–water partition coefficient (Wildman–Crippen LogP) is 2.42. The molecule has 0 saturated carbocycles. The zero-order chi connectivity index (χ0) is 21.8. The normalized spacial score (nSPS) is 19.8. The molecule has 10 heteroatoms. The van der Waals surface area contributed by atoms with E-state index in [4.69, 9.17) is 14.6 Å². The van der Waals surface area contributed by atoms with Gasteiger partial charge in [0.15, 0.2) is 0 Å². The van der Waals surface area contributed by atoms with Crippen LogP contribution < -0.4 is 5.32 Å². The van der Waals surface area contributed by atoms with Crippen molar-refractivity contribution in [2.45, 2.75) is 39.5 Å². The highest BCUT2D eigenvalue weighted by Crippen LogP contribution is 2.36. The van der Waals surface area contributed by atoms with Crippen molar-refractivity contribution in [3.8, 4) is 0 Å². The van der Waals surface area contributed by atoms with Crippen LogP contribution in [0.5, 0.6) is 0 Å². The molecule has 3 atom stereocenters. The Labute approximate surface area is 166 Å². The van der Waals surface area contributed by atoms with Crippen molar-refractivity contribution < 1.29 is 33.9 Å². The highest BCUT2D eigenvalue weighted by molar-refractivity contribution is 5.87. The lowest BCUT2D eigenvalue weighted by atomic mass is 9.70. The Balaban J connectivity index is 1.91. The summed E-state index contributed by atoms with van der Waals surface area (Å²) in [7, 11) is 0. The number of carbonyl (C=O) groups excluding carboxylic acids is 2. The van der Waals surface area contributed by atoms with Crippen molar-refractivity contribution in [2.75, 3.05) is 0 Å². The fraction of sp³-hybridized carbons (Fsp3) is 0.421. The summed E-state index contributed by atoms with van der Waals surface area (Å²) < 4.78 is 10.2. The van der Waals surface area contributed by atoms with Gasteiger partial charge in [0.1, 0.15) is 12.7 Å². The minimum absolute atomic E-state index is 0.0773. The summed E-state index contributed by atoms with van der Waals surface area (Å²) in [5, 5.41) is 22.1. The van der Waals surface area contributed by atoms with Crippen molar-refractivity contribution in [1.29, 1.82) is 0 Å². The zero-order valence-corrected chi connectivity index (χ0v) is 16.2. The molecule has 1 aliphatic rings. The maximum absolute atomic E-state index is 12.0. The molecule has 1 saturated heterocycles. The number of nitro groups is 1. The first-order chi connectivity index (χ1) is 13.5. The van der Waals surface area contributed by atoms with Crippen LogP contribution in [-0.4, -0.2) is 40.2 Å². The van der Waals surface area contributed by atoms with Gasteiger partial charge in [0.25, 0.3) is 5.69 Å². The largest absolute Gasteiger partial charge is 0.508 e. The molecule has 2 rings (SSSR count). The van der Waals surface area contributed by atoms with Crippen LogP contribution in [0, 0.1) is 21.4 Å². The molecule has 29 heavy (non-hydrogen) atoms. The number of nitrogens with one attached hydrogen (secondary N) is 1. The van der Waals surface area contributed by atoms with Crippen molar-refractivity contribution in [3.05, 3.63) is 52.1 Å². The predicted molar refractivity (Wildman–Crippen MR) is 99.8 cm³/mol. The molecular weight excluding hydrogens is 384 g/mol. The first-order valence-corrected chi connectivity index (χ1v) is 8.80. The molecule has 156 valence electrons. The maximum atomic E-state index is 12.0. The van der Waals surface area contributed by atoms with Crippen LogP contribution in [0.3, 0.4) is 0 Å². The number of carboxylic acid groups (broad SMARTS) is 1. The smallest absolute Gasteiger partial charge is 0.478 e. The molecule has 0 aromatic heterocycles. The zero-order valence-electron chi connectivity index (χ0n) is 16.2. The molecule has 10 nitrogen and oxygen atoms in total. The van der Waals surface area contributed by atoms with E-state index in [9.17, 15) is 24.5 Å². The number of aliphatic carboxylic acids is 1. The van der Waals surface area contributed by atoms with Crippen LogP contribution in [0.25, 0.3) is 0 Å². The van der Waals surface area contributed by atoms with Crippen molar-refractivity contribution >= 4 is 23.7 Å². The van der Waals surface area contributed by atoms with Crippen molar-refractivity contribution in [2.24, 2.45) is 11.3 Å². The molecule has 1 heterocycles. The Bertz CT molecular complexity index is 831. The third-order valence-corrected chi connectivity index (χ3v) is 4.71. The van der Waals surface area contributed by atoms with Gasteiger partial charge in [0.2, 0.25) is 5.91 Å². The van der Waals surface area contributed by atoms with Crippen LogP contribution in [0.4, 0.5) is 10.5 Å². The molecule has 0 spiro atoms. The van der Waals surface area contributed by atoms with Gasteiger partial charge in [-0.15, -0.1) is 0 Å². The maximum Gasteiger partial charge on any atom is 0.508 e. The number of benzene rings is 1. The second-order valence-electron chi connectivity index (χ2n) is 7.29. The summed E-state index contributed by atoms with van der Waals surface area (Å²) >= 11 is 0. The van der Waals surface area contributed by atoms with Gasteiger partial charge in [-0.1, -0.05) is 19.9 Å². The molecule has 1 aromatic rings. The quantitative estimate of drug-likeness (QED) is 0.220. The molecule has 0 bridgehead atoms. The highest BCUT2D eigenvalue weighted by Gasteiger charge is 2.50. The van der Waals surface area contributed by atoms with E-state index in [0.29, 0.717) is 5.56 Å².